The van der Waals surface area contributed by atoms with Gasteiger partial charge in [-0.15, -0.1) is 0 Å². The molecule has 8 nitrogen and oxygen atoms in total. The molecule has 0 aromatic heterocycles. The van der Waals surface area contributed by atoms with Crippen LogP contribution in [0.3, 0.4) is 0 Å². The van der Waals surface area contributed by atoms with Crippen molar-refractivity contribution in [2.24, 2.45) is 0 Å². The zero-order valence-corrected chi connectivity index (χ0v) is 47.9. The Morgan fingerprint density at radius 3 is 1.17 bits per heavy atom. The van der Waals surface area contributed by atoms with Crippen molar-refractivity contribution in [3.63, 3.8) is 0 Å². The second kappa shape index (κ2) is 52.3. The highest BCUT2D eigenvalue weighted by molar-refractivity contribution is 7.47. The number of quaternary nitrogens is 1. The van der Waals surface area contributed by atoms with Gasteiger partial charge in [-0.2, -0.15) is 0 Å². The standard InChI is InChI=1S/C61H117N2O6P/c1-6-8-10-12-14-16-18-20-21-22-23-24-25-26-27-28-29-30-31-32-33-34-35-36-37-38-39-40-41-43-45-47-49-51-53-55-61(65)62-59(58-69-70(66,67)68-57-56-63(3,4)5)60(64)54-52-50-48-46-44-42-19-17-15-13-11-9-7-2/h15,17,28-29,44,46,52,54,59-60,64H,6-14,16,18-27,30-43,45,47-51,53,55-58H2,1-5H3,(H-,62,65,66,67)/p+1/b17-15+,29-28-,46-44+,54-52+. The molecule has 412 valence electrons. The minimum atomic E-state index is -4.35. The number of nitrogens with zero attached hydrogens (tertiary/aromatic N) is 1. The second-order valence-corrected chi connectivity index (χ2v) is 23.2. The van der Waals surface area contributed by atoms with Gasteiger partial charge in [0, 0.05) is 6.42 Å². The fraction of sp³-hybridized carbons (Fsp3) is 0.852. The van der Waals surface area contributed by atoms with E-state index >= 15 is 0 Å². The molecule has 9 heteroatoms. The van der Waals surface area contributed by atoms with E-state index in [1.54, 1.807) is 6.08 Å². The Kier molecular flexibility index (Phi) is 51.2. The molecule has 0 aliphatic carbocycles. The highest BCUT2D eigenvalue weighted by Crippen LogP contribution is 2.43. The molecule has 0 fully saturated rings. The van der Waals surface area contributed by atoms with Gasteiger partial charge in [-0.3, -0.25) is 13.8 Å². The predicted octanol–water partition coefficient (Wildman–Crippen LogP) is 18.3. The Balaban J connectivity index is 3.97. The number of aliphatic hydroxyl groups is 1. The molecule has 0 spiro atoms. The maximum atomic E-state index is 12.9. The molecular formula is C61H118N2O6P+. The number of likely N-dealkylation sites (N-methyl/N-ethyl adjacent to an activating group) is 1. The molecule has 0 heterocycles. The highest BCUT2D eigenvalue weighted by Gasteiger charge is 2.27. The summed E-state index contributed by atoms with van der Waals surface area (Å²) >= 11 is 0. The molecule has 0 aromatic rings. The topological polar surface area (TPSA) is 105 Å². The van der Waals surface area contributed by atoms with Crippen molar-refractivity contribution in [1.82, 2.24) is 5.32 Å². The normalized spacial score (nSPS) is 14.2. The van der Waals surface area contributed by atoms with Crippen molar-refractivity contribution < 1.29 is 32.9 Å². The van der Waals surface area contributed by atoms with Crippen LogP contribution in [0.15, 0.2) is 48.6 Å². The molecule has 3 N–H and O–H groups in total. The van der Waals surface area contributed by atoms with E-state index in [9.17, 15) is 19.4 Å². The van der Waals surface area contributed by atoms with Gasteiger partial charge in [0.2, 0.25) is 5.91 Å². The summed E-state index contributed by atoms with van der Waals surface area (Å²) in [6.07, 6.45) is 69.7. The van der Waals surface area contributed by atoms with Gasteiger partial charge in [0.1, 0.15) is 13.2 Å². The molecule has 0 saturated heterocycles. The first-order valence-electron chi connectivity index (χ1n) is 30.0. The van der Waals surface area contributed by atoms with Crippen molar-refractivity contribution >= 4 is 13.7 Å². The van der Waals surface area contributed by atoms with Gasteiger partial charge < -0.3 is 19.8 Å². The van der Waals surface area contributed by atoms with Crippen LogP contribution in [-0.2, 0) is 18.4 Å². The fourth-order valence-electron chi connectivity index (χ4n) is 8.78. The molecule has 0 bridgehead atoms. The summed E-state index contributed by atoms with van der Waals surface area (Å²) in [6, 6.07) is -0.869. The van der Waals surface area contributed by atoms with E-state index in [2.05, 4.69) is 55.6 Å². The van der Waals surface area contributed by atoms with Crippen LogP contribution in [0.25, 0.3) is 0 Å². The molecule has 0 saturated carbocycles. The number of nitrogens with one attached hydrogen (secondary N) is 1. The fourth-order valence-corrected chi connectivity index (χ4v) is 9.51. The zero-order chi connectivity index (χ0) is 51.3. The summed E-state index contributed by atoms with van der Waals surface area (Å²) in [5.41, 5.74) is 0. The first-order valence-corrected chi connectivity index (χ1v) is 31.5. The average molecular weight is 1010 g/mol. The molecule has 0 rings (SSSR count). The number of allylic oxidation sites excluding steroid dienone is 7. The Hall–Kier alpha value is -1.54. The quantitative estimate of drug-likeness (QED) is 0.0243. The molecule has 1 amide bonds. The summed E-state index contributed by atoms with van der Waals surface area (Å²) in [5, 5.41) is 13.9. The van der Waals surface area contributed by atoms with Gasteiger partial charge in [-0.05, 0) is 70.6 Å². The molecular weight excluding hydrogens is 888 g/mol. The Morgan fingerprint density at radius 1 is 0.471 bits per heavy atom. The van der Waals surface area contributed by atoms with E-state index < -0.39 is 20.0 Å². The van der Waals surface area contributed by atoms with E-state index in [4.69, 9.17) is 9.05 Å². The Morgan fingerprint density at radius 2 is 0.786 bits per heavy atom. The summed E-state index contributed by atoms with van der Waals surface area (Å²) in [7, 11) is 1.55. The third kappa shape index (κ3) is 54.2. The minimum Gasteiger partial charge on any atom is -0.387 e. The van der Waals surface area contributed by atoms with Gasteiger partial charge in [-0.1, -0.05) is 255 Å². The lowest BCUT2D eigenvalue weighted by molar-refractivity contribution is -0.870. The molecule has 0 aromatic carbocycles. The van der Waals surface area contributed by atoms with Crippen LogP contribution >= 0.6 is 7.82 Å². The maximum Gasteiger partial charge on any atom is 0.472 e. The summed E-state index contributed by atoms with van der Waals surface area (Å²) in [6.45, 7) is 4.77. The van der Waals surface area contributed by atoms with Gasteiger partial charge >= 0.3 is 7.82 Å². The number of rotatable bonds is 55. The molecule has 0 radical (unpaired) electrons. The second-order valence-electron chi connectivity index (χ2n) is 21.7. The number of amides is 1. The first-order chi connectivity index (χ1) is 34.0. The van der Waals surface area contributed by atoms with Crippen molar-refractivity contribution in [2.45, 2.75) is 296 Å². The van der Waals surface area contributed by atoms with Gasteiger partial charge in [0.25, 0.3) is 0 Å². The summed E-state index contributed by atoms with van der Waals surface area (Å²) in [4.78, 5) is 23.2. The monoisotopic (exact) mass is 1010 g/mol. The van der Waals surface area contributed by atoms with Crippen molar-refractivity contribution in [3.8, 4) is 0 Å². The number of phosphoric ester groups is 1. The first kappa shape index (κ1) is 68.5. The lowest BCUT2D eigenvalue weighted by Gasteiger charge is -2.25. The van der Waals surface area contributed by atoms with E-state index in [0.29, 0.717) is 17.4 Å². The van der Waals surface area contributed by atoms with E-state index in [1.807, 2.05) is 27.2 Å². The van der Waals surface area contributed by atoms with Crippen molar-refractivity contribution in [2.75, 3.05) is 40.9 Å². The number of carbonyl (C=O) groups excluding carboxylic acids is 1. The van der Waals surface area contributed by atoms with Crippen LogP contribution in [0, 0.1) is 0 Å². The molecule has 3 atom stereocenters. The van der Waals surface area contributed by atoms with Crippen LogP contribution in [0.2, 0.25) is 0 Å². The summed E-state index contributed by atoms with van der Waals surface area (Å²) < 4.78 is 23.6. The van der Waals surface area contributed by atoms with Crippen molar-refractivity contribution in [3.05, 3.63) is 48.6 Å². The zero-order valence-electron chi connectivity index (χ0n) is 47.0. The third-order valence-electron chi connectivity index (χ3n) is 13.5. The molecule has 0 aliphatic rings. The third-order valence-corrected chi connectivity index (χ3v) is 14.5. The van der Waals surface area contributed by atoms with Crippen molar-refractivity contribution in [1.29, 1.82) is 0 Å². The van der Waals surface area contributed by atoms with E-state index in [-0.39, 0.29) is 19.1 Å². The highest BCUT2D eigenvalue weighted by atomic mass is 31.2. The largest absolute Gasteiger partial charge is 0.472 e. The van der Waals surface area contributed by atoms with E-state index in [1.165, 1.54) is 212 Å². The lowest BCUT2D eigenvalue weighted by Crippen LogP contribution is -2.45. The van der Waals surface area contributed by atoms with Crippen LogP contribution < -0.4 is 5.32 Å². The van der Waals surface area contributed by atoms with Crippen LogP contribution in [0.1, 0.15) is 284 Å². The van der Waals surface area contributed by atoms with Gasteiger partial charge in [0.15, 0.2) is 0 Å². The van der Waals surface area contributed by atoms with Gasteiger partial charge in [0.05, 0.1) is 39.9 Å². The summed E-state index contributed by atoms with van der Waals surface area (Å²) in [5.74, 6) is -0.189. The molecule has 0 aliphatic heterocycles. The smallest absolute Gasteiger partial charge is 0.387 e. The molecule has 3 unspecified atom stereocenters. The molecule has 70 heavy (non-hydrogen) atoms. The lowest BCUT2D eigenvalue weighted by atomic mass is 10.0. The van der Waals surface area contributed by atoms with Crippen LogP contribution in [-0.4, -0.2) is 73.4 Å². The Bertz CT molecular complexity index is 1280. The SMILES string of the molecule is CCCCC/C=C/CC/C=C/CC/C=C/C(O)C(COP(=O)(O)OCC[N+](C)(C)C)NC(=O)CCCCCCCCCCCCCCCCCCC/C=C\CCCCCCCCCCCCCCCC. The van der Waals surface area contributed by atoms with E-state index in [0.717, 1.165) is 51.4 Å². The average Bonchev–Trinajstić information content (AvgIpc) is 3.32. The predicted molar refractivity (Wildman–Crippen MR) is 304 cm³/mol. The number of unbranched alkanes of at least 4 members (excludes halogenated alkanes) is 36. The minimum absolute atomic E-state index is 0.0536. The number of phosphoric acid groups is 1. The maximum absolute atomic E-state index is 12.9. The van der Waals surface area contributed by atoms with Crippen LogP contribution in [0.4, 0.5) is 0 Å². The number of hydrogen-bond donors (Lipinski definition) is 3. The van der Waals surface area contributed by atoms with Crippen LogP contribution in [0.5, 0.6) is 0 Å². The number of carbonyl (C=O) groups is 1. The number of hydrogen-bond acceptors (Lipinski definition) is 5. The Labute approximate surface area is 435 Å². The van der Waals surface area contributed by atoms with Gasteiger partial charge in [-0.25, -0.2) is 4.57 Å². The number of aliphatic hydroxyl groups excluding tert-OH is 1.